The number of aromatic nitrogens is 3. The van der Waals surface area contributed by atoms with Crippen LogP contribution in [0, 0.1) is 0 Å². The van der Waals surface area contributed by atoms with Crippen molar-refractivity contribution >= 4 is 5.78 Å². The molecule has 0 saturated heterocycles. The van der Waals surface area contributed by atoms with Crippen molar-refractivity contribution in [3.05, 3.63) is 42.5 Å². The van der Waals surface area contributed by atoms with Crippen LogP contribution in [0.1, 0.15) is 16.7 Å². The highest BCUT2D eigenvalue weighted by molar-refractivity contribution is 5.98. The van der Waals surface area contributed by atoms with Crippen LogP contribution in [0.3, 0.4) is 0 Å². The minimum absolute atomic E-state index is 0.109. The molecule has 100 valence electrons. The summed E-state index contributed by atoms with van der Waals surface area (Å²) in [6.07, 6.45) is 0.438. The van der Waals surface area contributed by atoms with Gasteiger partial charge >= 0.3 is 0 Å². The first kappa shape index (κ1) is 13.2. The van der Waals surface area contributed by atoms with Gasteiger partial charge in [-0.05, 0) is 24.3 Å². The molecule has 2 rings (SSSR count). The number of carbonyl (C=O) groups is 1. The predicted molar refractivity (Wildman–Crippen MR) is 63.4 cm³/mol. The molecule has 0 saturated carbocycles. The standard InChI is InChI=1S/C12H12FN3O3/c1-18-8-19-10-4-2-9(3-5-10)11(17)12(13)16-7-14-6-15-16/h2-7,12H,8H2,1H3. The Hall–Kier alpha value is -2.28. The van der Waals surface area contributed by atoms with Crippen LogP contribution in [-0.4, -0.2) is 34.5 Å². The maximum Gasteiger partial charge on any atom is 0.255 e. The van der Waals surface area contributed by atoms with Crippen molar-refractivity contribution in [2.45, 2.75) is 6.30 Å². The Bertz CT molecular complexity index is 528. The van der Waals surface area contributed by atoms with Gasteiger partial charge in [0.25, 0.3) is 6.30 Å². The summed E-state index contributed by atoms with van der Waals surface area (Å²) in [5.41, 5.74) is 0.229. The molecule has 0 aliphatic heterocycles. The van der Waals surface area contributed by atoms with E-state index in [0.29, 0.717) is 5.75 Å². The molecule has 0 bridgehead atoms. The van der Waals surface area contributed by atoms with E-state index in [2.05, 4.69) is 10.1 Å². The number of nitrogens with zero attached hydrogens (tertiary/aromatic N) is 3. The minimum Gasteiger partial charge on any atom is -0.468 e. The molecule has 2 aromatic rings. The summed E-state index contributed by atoms with van der Waals surface area (Å²) in [5, 5.41) is 3.59. The highest BCUT2D eigenvalue weighted by Crippen LogP contribution is 2.18. The third-order valence-electron chi connectivity index (χ3n) is 2.37. The number of hydrogen-bond donors (Lipinski definition) is 0. The average Bonchev–Trinajstić information content (AvgIpc) is 2.98. The molecule has 1 aromatic heterocycles. The van der Waals surface area contributed by atoms with Gasteiger partial charge in [0, 0.05) is 12.7 Å². The van der Waals surface area contributed by atoms with Crippen LogP contribution >= 0.6 is 0 Å². The molecule has 0 amide bonds. The van der Waals surface area contributed by atoms with E-state index in [1.807, 2.05) is 0 Å². The number of hydrogen-bond acceptors (Lipinski definition) is 5. The molecule has 0 radical (unpaired) electrons. The minimum atomic E-state index is -1.88. The van der Waals surface area contributed by atoms with Crippen LogP contribution in [0.25, 0.3) is 0 Å². The fraction of sp³-hybridized carbons (Fsp3) is 0.250. The summed E-state index contributed by atoms with van der Waals surface area (Å²) in [6.45, 7) is 0.109. The summed E-state index contributed by atoms with van der Waals surface area (Å²) in [4.78, 5) is 15.4. The molecule has 0 N–H and O–H groups in total. The van der Waals surface area contributed by atoms with E-state index < -0.39 is 12.1 Å². The lowest BCUT2D eigenvalue weighted by Gasteiger charge is -2.08. The SMILES string of the molecule is COCOc1ccc(C(=O)C(F)n2cncn2)cc1. The first-order valence-corrected chi connectivity index (χ1v) is 5.46. The van der Waals surface area contributed by atoms with Crippen molar-refractivity contribution in [2.24, 2.45) is 0 Å². The van der Waals surface area contributed by atoms with Crippen molar-refractivity contribution in [1.29, 1.82) is 0 Å². The van der Waals surface area contributed by atoms with Crippen molar-refractivity contribution in [3.63, 3.8) is 0 Å². The lowest BCUT2D eigenvalue weighted by atomic mass is 10.1. The average molecular weight is 265 g/mol. The lowest BCUT2D eigenvalue weighted by molar-refractivity contribution is 0.0511. The number of Topliss-reactive ketones (excluding diaryl/α,β-unsaturated/α-hetero) is 1. The Morgan fingerprint density at radius 2 is 2.16 bits per heavy atom. The van der Waals surface area contributed by atoms with Gasteiger partial charge < -0.3 is 9.47 Å². The van der Waals surface area contributed by atoms with E-state index in [1.165, 1.54) is 25.6 Å². The number of ketones is 1. The number of carbonyl (C=O) groups excluding carboxylic acids is 1. The molecule has 1 aromatic carbocycles. The smallest absolute Gasteiger partial charge is 0.255 e. The maximum absolute atomic E-state index is 13.8. The number of benzene rings is 1. The number of ether oxygens (including phenoxy) is 2. The number of rotatable bonds is 6. The van der Waals surface area contributed by atoms with E-state index in [-0.39, 0.29) is 12.4 Å². The molecule has 1 unspecified atom stereocenters. The third kappa shape index (κ3) is 3.14. The predicted octanol–water partition coefficient (Wildman–Crippen LogP) is 1.61. The van der Waals surface area contributed by atoms with Gasteiger partial charge in [0.2, 0.25) is 5.78 Å². The highest BCUT2D eigenvalue weighted by atomic mass is 19.1. The molecule has 19 heavy (non-hydrogen) atoms. The summed E-state index contributed by atoms with van der Waals surface area (Å²) in [7, 11) is 1.50. The van der Waals surface area contributed by atoms with Gasteiger partial charge in [0.15, 0.2) is 6.79 Å². The van der Waals surface area contributed by atoms with Gasteiger partial charge in [-0.3, -0.25) is 4.79 Å². The molecule has 7 heteroatoms. The topological polar surface area (TPSA) is 66.2 Å². The van der Waals surface area contributed by atoms with Crippen molar-refractivity contribution in [2.75, 3.05) is 13.9 Å². The number of alkyl halides is 1. The van der Waals surface area contributed by atoms with Crippen LogP contribution in [0.5, 0.6) is 5.75 Å². The van der Waals surface area contributed by atoms with Crippen molar-refractivity contribution < 1.29 is 18.7 Å². The quantitative estimate of drug-likeness (QED) is 0.586. The van der Waals surface area contributed by atoms with Gasteiger partial charge in [-0.15, -0.1) is 0 Å². The molecule has 1 atom stereocenters. The molecular formula is C12H12FN3O3. The van der Waals surface area contributed by atoms with Crippen LogP contribution in [0.15, 0.2) is 36.9 Å². The second-order valence-electron chi connectivity index (χ2n) is 3.65. The van der Waals surface area contributed by atoms with E-state index >= 15 is 0 Å². The van der Waals surface area contributed by atoms with Gasteiger partial charge in [0.1, 0.15) is 18.4 Å². The van der Waals surface area contributed by atoms with Crippen LogP contribution in [0.2, 0.25) is 0 Å². The molecule has 1 heterocycles. The first-order valence-electron chi connectivity index (χ1n) is 5.46. The summed E-state index contributed by atoms with van der Waals surface area (Å²) >= 11 is 0. The van der Waals surface area contributed by atoms with Crippen LogP contribution in [0.4, 0.5) is 4.39 Å². The number of methoxy groups -OCH3 is 1. The Kier molecular flexibility index (Phi) is 4.19. The fourth-order valence-corrected chi connectivity index (χ4v) is 1.43. The zero-order valence-electron chi connectivity index (χ0n) is 10.2. The molecule has 0 fully saturated rings. The highest BCUT2D eigenvalue weighted by Gasteiger charge is 2.21. The van der Waals surface area contributed by atoms with Crippen molar-refractivity contribution in [1.82, 2.24) is 14.8 Å². The first-order chi connectivity index (χ1) is 9.22. The van der Waals surface area contributed by atoms with Gasteiger partial charge in [-0.25, -0.2) is 14.1 Å². The second-order valence-corrected chi connectivity index (χ2v) is 3.65. The Morgan fingerprint density at radius 1 is 1.42 bits per heavy atom. The van der Waals surface area contributed by atoms with Gasteiger partial charge in [-0.1, -0.05) is 0 Å². The Morgan fingerprint density at radius 3 is 2.74 bits per heavy atom. The van der Waals surface area contributed by atoms with Gasteiger partial charge in [0.05, 0.1) is 0 Å². The molecule has 0 aliphatic rings. The summed E-state index contributed by atoms with van der Waals surface area (Å²) in [5.74, 6) is -0.154. The summed E-state index contributed by atoms with van der Waals surface area (Å²) < 4.78 is 24.6. The largest absolute Gasteiger partial charge is 0.468 e. The normalized spacial score (nSPS) is 12.1. The summed E-state index contributed by atoms with van der Waals surface area (Å²) in [6, 6.07) is 6.11. The van der Waals surface area contributed by atoms with E-state index in [1.54, 1.807) is 12.1 Å². The molecule has 6 nitrogen and oxygen atoms in total. The van der Waals surface area contributed by atoms with Gasteiger partial charge in [-0.2, -0.15) is 5.10 Å². The third-order valence-corrected chi connectivity index (χ3v) is 2.37. The molecule has 0 spiro atoms. The zero-order valence-corrected chi connectivity index (χ0v) is 10.2. The number of halogens is 1. The van der Waals surface area contributed by atoms with E-state index in [9.17, 15) is 9.18 Å². The monoisotopic (exact) mass is 265 g/mol. The lowest BCUT2D eigenvalue weighted by Crippen LogP contribution is -2.15. The Balaban J connectivity index is 2.07. The fourth-order valence-electron chi connectivity index (χ4n) is 1.43. The maximum atomic E-state index is 13.8. The van der Waals surface area contributed by atoms with Crippen LogP contribution in [-0.2, 0) is 4.74 Å². The van der Waals surface area contributed by atoms with E-state index in [4.69, 9.17) is 9.47 Å². The molecule has 0 aliphatic carbocycles. The van der Waals surface area contributed by atoms with Crippen LogP contribution < -0.4 is 4.74 Å². The zero-order chi connectivity index (χ0) is 13.7. The molecular weight excluding hydrogens is 253 g/mol. The Labute approximate surface area is 108 Å². The second kappa shape index (κ2) is 6.05. The van der Waals surface area contributed by atoms with E-state index in [0.717, 1.165) is 11.0 Å². The van der Waals surface area contributed by atoms with Crippen molar-refractivity contribution in [3.8, 4) is 5.75 Å².